The molecule has 1 aromatic rings. The first-order valence-corrected chi connectivity index (χ1v) is 8.42. The normalized spacial score (nSPS) is 22.4. The zero-order valence-corrected chi connectivity index (χ0v) is 13.2. The summed E-state index contributed by atoms with van der Waals surface area (Å²) in [7, 11) is 0. The van der Waals surface area contributed by atoms with E-state index in [1.54, 1.807) is 0 Å². The molecular formula is C16H25N3O3. The molecule has 0 bridgehead atoms. The molecule has 0 radical (unpaired) electrons. The largest absolute Gasteiger partial charge is 0.381 e. The first kappa shape index (κ1) is 15.5. The van der Waals surface area contributed by atoms with Gasteiger partial charge < -0.3 is 14.6 Å². The van der Waals surface area contributed by atoms with E-state index in [1.165, 1.54) is 26.2 Å². The van der Waals surface area contributed by atoms with E-state index in [4.69, 9.17) is 9.26 Å². The summed E-state index contributed by atoms with van der Waals surface area (Å²) in [5, 5.41) is 7.19. The molecule has 1 saturated carbocycles. The molecule has 1 aliphatic carbocycles. The third-order valence-electron chi connectivity index (χ3n) is 4.79. The lowest BCUT2D eigenvalue weighted by atomic mass is 9.88. The zero-order chi connectivity index (χ0) is 15.4. The van der Waals surface area contributed by atoms with Crippen molar-refractivity contribution >= 4 is 5.91 Å². The Morgan fingerprint density at radius 2 is 1.91 bits per heavy atom. The Balaban J connectivity index is 1.75. The van der Waals surface area contributed by atoms with Gasteiger partial charge in [-0.05, 0) is 31.6 Å². The SMILES string of the molecule is CC(=O)N[C@@H](c1nc(C2CCCCC2)no1)C1CCOCC1. The van der Waals surface area contributed by atoms with Gasteiger partial charge in [0, 0.05) is 26.1 Å². The van der Waals surface area contributed by atoms with Crippen LogP contribution in [0.1, 0.15) is 75.5 Å². The van der Waals surface area contributed by atoms with Crippen molar-refractivity contribution in [1.82, 2.24) is 15.5 Å². The van der Waals surface area contributed by atoms with Crippen LogP contribution in [-0.4, -0.2) is 29.3 Å². The molecule has 2 fully saturated rings. The van der Waals surface area contributed by atoms with E-state index in [1.807, 2.05) is 0 Å². The Kier molecular flexibility index (Phi) is 5.08. The number of carbonyl (C=O) groups is 1. The van der Waals surface area contributed by atoms with E-state index in [2.05, 4.69) is 15.5 Å². The van der Waals surface area contributed by atoms with Gasteiger partial charge >= 0.3 is 0 Å². The Hall–Kier alpha value is -1.43. The molecule has 1 aromatic heterocycles. The average molecular weight is 307 g/mol. The van der Waals surface area contributed by atoms with Crippen molar-refractivity contribution in [1.29, 1.82) is 0 Å². The van der Waals surface area contributed by atoms with Crippen LogP contribution in [0.2, 0.25) is 0 Å². The fourth-order valence-electron chi connectivity index (χ4n) is 3.55. The molecule has 3 rings (SSSR count). The number of nitrogens with one attached hydrogen (secondary N) is 1. The van der Waals surface area contributed by atoms with Crippen LogP contribution in [-0.2, 0) is 9.53 Å². The van der Waals surface area contributed by atoms with Crippen molar-refractivity contribution in [3.8, 4) is 0 Å². The molecule has 6 heteroatoms. The molecule has 1 atom stereocenters. The Morgan fingerprint density at radius 1 is 1.18 bits per heavy atom. The van der Waals surface area contributed by atoms with Crippen LogP contribution in [0.4, 0.5) is 0 Å². The highest BCUT2D eigenvalue weighted by Crippen LogP contribution is 2.33. The molecule has 0 aromatic carbocycles. The predicted octanol–water partition coefficient (Wildman–Crippen LogP) is 2.72. The summed E-state index contributed by atoms with van der Waals surface area (Å²) < 4.78 is 10.9. The van der Waals surface area contributed by atoms with Gasteiger partial charge in [-0.3, -0.25) is 4.79 Å². The van der Waals surface area contributed by atoms with Crippen molar-refractivity contribution in [2.24, 2.45) is 5.92 Å². The van der Waals surface area contributed by atoms with Gasteiger partial charge in [-0.1, -0.05) is 24.4 Å². The average Bonchev–Trinajstić information content (AvgIpc) is 3.04. The minimum Gasteiger partial charge on any atom is -0.381 e. The van der Waals surface area contributed by atoms with E-state index in [0.717, 1.165) is 44.7 Å². The van der Waals surface area contributed by atoms with E-state index in [0.29, 0.717) is 17.7 Å². The topological polar surface area (TPSA) is 77.3 Å². The fraction of sp³-hybridized carbons (Fsp3) is 0.812. The number of rotatable bonds is 4. The lowest BCUT2D eigenvalue weighted by molar-refractivity contribution is -0.120. The molecule has 0 spiro atoms. The van der Waals surface area contributed by atoms with Gasteiger partial charge in [0.05, 0.1) is 0 Å². The van der Waals surface area contributed by atoms with Gasteiger partial charge in [0.2, 0.25) is 11.8 Å². The number of hydrogen-bond acceptors (Lipinski definition) is 5. The van der Waals surface area contributed by atoms with Gasteiger partial charge in [0.15, 0.2) is 5.82 Å². The first-order chi connectivity index (χ1) is 10.7. The predicted molar refractivity (Wildman–Crippen MR) is 80.2 cm³/mol. The number of aromatic nitrogens is 2. The smallest absolute Gasteiger partial charge is 0.249 e. The Labute approximate surface area is 131 Å². The molecule has 0 unspecified atom stereocenters. The quantitative estimate of drug-likeness (QED) is 0.925. The van der Waals surface area contributed by atoms with Gasteiger partial charge in [0.25, 0.3) is 0 Å². The highest BCUT2D eigenvalue weighted by atomic mass is 16.5. The molecule has 122 valence electrons. The molecule has 1 aliphatic heterocycles. The van der Waals surface area contributed by atoms with Crippen molar-refractivity contribution in [3.05, 3.63) is 11.7 Å². The summed E-state index contributed by atoms with van der Waals surface area (Å²) >= 11 is 0. The maximum absolute atomic E-state index is 11.5. The summed E-state index contributed by atoms with van der Waals surface area (Å²) in [5.74, 6) is 2.03. The lowest BCUT2D eigenvalue weighted by Gasteiger charge is -2.28. The summed E-state index contributed by atoms with van der Waals surface area (Å²) in [4.78, 5) is 16.2. The van der Waals surface area contributed by atoms with E-state index in [9.17, 15) is 4.79 Å². The van der Waals surface area contributed by atoms with Gasteiger partial charge in [0.1, 0.15) is 6.04 Å². The van der Waals surface area contributed by atoms with Crippen LogP contribution >= 0.6 is 0 Å². The second kappa shape index (κ2) is 7.22. The maximum Gasteiger partial charge on any atom is 0.249 e. The minimum absolute atomic E-state index is 0.0612. The van der Waals surface area contributed by atoms with Crippen LogP contribution in [0.3, 0.4) is 0 Å². The summed E-state index contributed by atoms with van der Waals surface area (Å²) in [5.41, 5.74) is 0. The molecule has 1 N–H and O–H groups in total. The Bertz CT molecular complexity index is 491. The van der Waals surface area contributed by atoms with Crippen LogP contribution in [0.5, 0.6) is 0 Å². The highest BCUT2D eigenvalue weighted by molar-refractivity contribution is 5.73. The zero-order valence-electron chi connectivity index (χ0n) is 13.2. The molecule has 1 saturated heterocycles. The molecule has 6 nitrogen and oxygen atoms in total. The van der Waals surface area contributed by atoms with Gasteiger partial charge in [-0.25, -0.2) is 0 Å². The number of carbonyl (C=O) groups excluding carboxylic acids is 1. The molecule has 2 heterocycles. The third-order valence-corrected chi connectivity index (χ3v) is 4.79. The molecule has 1 amide bonds. The van der Waals surface area contributed by atoms with E-state index in [-0.39, 0.29) is 11.9 Å². The van der Waals surface area contributed by atoms with Crippen molar-refractivity contribution in [3.63, 3.8) is 0 Å². The number of ether oxygens (including phenoxy) is 1. The fourth-order valence-corrected chi connectivity index (χ4v) is 3.55. The lowest BCUT2D eigenvalue weighted by Crippen LogP contribution is -2.35. The number of hydrogen-bond donors (Lipinski definition) is 1. The Morgan fingerprint density at radius 3 is 2.59 bits per heavy atom. The number of amides is 1. The first-order valence-electron chi connectivity index (χ1n) is 8.42. The second-order valence-corrected chi connectivity index (χ2v) is 6.45. The van der Waals surface area contributed by atoms with Crippen molar-refractivity contribution in [2.75, 3.05) is 13.2 Å². The van der Waals surface area contributed by atoms with E-state index < -0.39 is 0 Å². The van der Waals surface area contributed by atoms with Crippen molar-refractivity contribution < 1.29 is 14.1 Å². The number of nitrogens with zero attached hydrogens (tertiary/aromatic N) is 2. The summed E-state index contributed by atoms with van der Waals surface area (Å²) in [6.45, 7) is 2.99. The van der Waals surface area contributed by atoms with Crippen LogP contribution in [0.25, 0.3) is 0 Å². The van der Waals surface area contributed by atoms with Crippen LogP contribution in [0.15, 0.2) is 4.52 Å². The monoisotopic (exact) mass is 307 g/mol. The summed E-state index contributed by atoms with van der Waals surface area (Å²) in [6, 6.07) is -0.189. The van der Waals surface area contributed by atoms with Gasteiger partial charge in [-0.2, -0.15) is 4.98 Å². The standard InChI is InChI=1S/C16H25N3O3/c1-11(20)17-14(12-7-9-21-10-8-12)16-18-15(19-22-16)13-5-3-2-4-6-13/h12-14H,2-10H2,1H3,(H,17,20)/t14-/m1/s1. The highest BCUT2D eigenvalue weighted by Gasteiger charge is 2.31. The third kappa shape index (κ3) is 3.66. The molecule has 22 heavy (non-hydrogen) atoms. The minimum atomic E-state index is -0.189. The van der Waals surface area contributed by atoms with Crippen LogP contribution in [0, 0.1) is 5.92 Å². The molecular weight excluding hydrogens is 282 g/mol. The maximum atomic E-state index is 11.5. The second-order valence-electron chi connectivity index (χ2n) is 6.45. The van der Waals surface area contributed by atoms with Crippen molar-refractivity contribution in [2.45, 2.75) is 63.8 Å². The summed E-state index contributed by atoms with van der Waals surface area (Å²) in [6.07, 6.45) is 7.88. The van der Waals surface area contributed by atoms with Gasteiger partial charge in [-0.15, -0.1) is 0 Å². The molecule has 2 aliphatic rings. The van der Waals surface area contributed by atoms with E-state index >= 15 is 0 Å². The van der Waals surface area contributed by atoms with Crippen LogP contribution < -0.4 is 5.32 Å².